The highest BCUT2D eigenvalue weighted by Crippen LogP contribution is 2.25. The number of aromatic nitrogens is 2. The first-order chi connectivity index (χ1) is 17.8. The van der Waals surface area contributed by atoms with Crippen molar-refractivity contribution in [1.82, 2.24) is 19.8 Å². The second-order valence-electron chi connectivity index (χ2n) is 10.3. The Hall–Kier alpha value is -3.25. The van der Waals surface area contributed by atoms with Crippen LogP contribution in [0, 0.1) is 31.3 Å². The van der Waals surface area contributed by atoms with Crippen molar-refractivity contribution in [3.8, 4) is 0 Å². The summed E-state index contributed by atoms with van der Waals surface area (Å²) < 4.78 is 45.8. The summed E-state index contributed by atoms with van der Waals surface area (Å²) in [5.41, 5.74) is 0.820. The number of halogens is 3. The van der Waals surface area contributed by atoms with Crippen molar-refractivity contribution in [2.75, 3.05) is 31.8 Å². The number of ether oxygens (including phenoxy) is 1. The van der Waals surface area contributed by atoms with Crippen molar-refractivity contribution in [3.63, 3.8) is 0 Å². The third-order valence-corrected chi connectivity index (χ3v) is 6.22. The first-order valence-electron chi connectivity index (χ1n) is 12.3. The molecular formula is C26H34F3N5O4. The number of anilines is 1. The van der Waals surface area contributed by atoms with E-state index in [1.807, 2.05) is 4.90 Å². The highest BCUT2D eigenvalue weighted by Gasteiger charge is 2.31. The molecule has 2 heterocycles. The predicted octanol–water partition coefficient (Wildman–Crippen LogP) is 4.31. The summed E-state index contributed by atoms with van der Waals surface area (Å²) >= 11 is 0. The lowest BCUT2D eigenvalue weighted by Crippen LogP contribution is -2.47. The largest absolute Gasteiger partial charge is 0.442 e. The smallest absolute Gasteiger partial charge is 0.439 e. The van der Waals surface area contributed by atoms with Crippen LogP contribution in [-0.2, 0) is 20.9 Å². The summed E-state index contributed by atoms with van der Waals surface area (Å²) in [7, 11) is 1.66. The van der Waals surface area contributed by atoms with E-state index in [1.165, 1.54) is 6.33 Å². The predicted molar refractivity (Wildman–Crippen MR) is 134 cm³/mol. The molecule has 38 heavy (non-hydrogen) atoms. The standard InChI is InChI=1S/C26H34F3N5O4/c1-16-24(17(2)31-15-30-16)34(25(36)38-26(3,4)5)37-14-22(35)32(6)19-7-9-33(10-8-19)13-18-11-20(27)23(29)21(28)12-18/h11-12,15,19H,7-10,13-14H2,1-6H3. The van der Waals surface area contributed by atoms with Crippen LogP contribution in [0.25, 0.3) is 0 Å². The number of likely N-dealkylation sites (tertiary alicyclic amines) is 1. The Morgan fingerprint density at radius 1 is 1.05 bits per heavy atom. The summed E-state index contributed by atoms with van der Waals surface area (Å²) in [5.74, 6) is -4.25. The normalized spacial score (nSPS) is 14.9. The van der Waals surface area contributed by atoms with E-state index in [9.17, 15) is 22.8 Å². The van der Waals surface area contributed by atoms with Crippen molar-refractivity contribution >= 4 is 17.7 Å². The number of carbonyl (C=O) groups excluding carboxylic acids is 2. The molecule has 1 aliphatic heterocycles. The number of hydroxylamine groups is 1. The van der Waals surface area contributed by atoms with Crippen LogP contribution in [0.5, 0.6) is 0 Å². The highest BCUT2D eigenvalue weighted by atomic mass is 19.2. The van der Waals surface area contributed by atoms with E-state index < -0.39 is 35.8 Å². The minimum absolute atomic E-state index is 0.0949. The Labute approximate surface area is 220 Å². The number of piperidine rings is 1. The van der Waals surface area contributed by atoms with E-state index in [2.05, 4.69) is 9.97 Å². The van der Waals surface area contributed by atoms with Gasteiger partial charge in [0.2, 0.25) is 0 Å². The number of hydrogen-bond donors (Lipinski definition) is 0. The molecule has 1 aromatic heterocycles. The molecule has 1 aliphatic rings. The van der Waals surface area contributed by atoms with Crippen LogP contribution < -0.4 is 5.06 Å². The fraction of sp³-hybridized carbons (Fsp3) is 0.538. The number of nitrogens with zero attached hydrogens (tertiary/aromatic N) is 5. The van der Waals surface area contributed by atoms with Gasteiger partial charge in [-0.1, -0.05) is 0 Å². The van der Waals surface area contributed by atoms with Crippen LogP contribution >= 0.6 is 0 Å². The maximum absolute atomic E-state index is 13.5. The summed E-state index contributed by atoms with van der Waals surface area (Å²) in [5, 5.41) is 0.922. The maximum atomic E-state index is 13.5. The van der Waals surface area contributed by atoms with Crippen molar-refractivity contribution in [3.05, 3.63) is 52.9 Å². The fourth-order valence-electron chi connectivity index (χ4n) is 4.24. The van der Waals surface area contributed by atoms with Crippen LogP contribution in [-0.4, -0.2) is 70.2 Å². The van der Waals surface area contributed by atoms with E-state index in [1.54, 1.807) is 46.6 Å². The molecule has 2 aromatic rings. The molecule has 0 spiro atoms. The lowest BCUT2D eigenvalue weighted by atomic mass is 10.0. The fourth-order valence-corrected chi connectivity index (χ4v) is 4.24. The first kappa shape index (κ1) is 29.3. The summed E-state index contributed by atoms with van der Waals surface area (Å²) in [6, 6.07) is 1.90. The quantitative estimate of drug-likeness (QED) is 0.384. The Morgan fingerprint density at radius 2 is 1.61 bits per heavy atom. The molecule has 2 amide bonds. The average Bonchev–Trinajstić information content (AvgIpc) is 2.83. The molecule has 3 rings (SSSR count). The van der Waals surface area contributed by atoms with Crippen LogP contribution in [0.4, 0.5) is 23.7 Å². The van der Waals surface area contributed by atoms with Gasteiger partial charge in [0.15, 0.2) is 24.1 Å². The van der Waals surface area contributed by atoms with Gasteiger partial charge < -0.3 is 9.64 Å². The summed E-state index contributed by atoms with van der Waals surface area (Å²) in [6.07, 6.45) is 1.82. The van der Waals surface area contributed by atoms with Gasteiger partial charge in [-0.2, -0.15) is 0 Å². The average molecular weight is 538 g/mol. The van der Waals surface area contributed by atoms with E-state index in [4.69, 9.17) is 9.57 Å². The molecule has 0 unspecified atom stereocenters. The molecule has 0 atom stereocenters. The zero-order valence-electron chi connectivity index (χ0n) is 22.6. The van der Waals surface area contributed by atoms with Crippen LogP contribution in [0.3, 0.4) is 0 Å². The zero-order chi connectivity index (χ0) is 28.2. The Bertz CT molecular complexity index is 1120. The van der Waals surface area contributed by atoms with Gasteiger partial charge in [0.25, 0.3) is 5.91 Å². The second-order valence-corrected chi connectivity index (χ2v) is 10.3. The van der Waals surface area contributed by atoms with Crippen LogP contribution in [0.1, 0.15) is 50.6 Å². The van der Waals surface area contributed by atoms with Gasteiger partial charge in [-0.3, -0.25) is 14.5 Å². The molecule has 208 valence electrons. The molecule has 1 fully saturated rings. The van der Waals surface area contributed by atoms with E-state index in [0.717, 1.165) is 17.2 Å². The molecule has 12 heteroatoms. The van der Waals surface area contributed by atoms with E-state index >= 15 is 0 Å². The lowest BCUT2D eigenvalue weighted by molar-refractivity contribution is -0.138. The number of benzene rings is 1. The van der Waals surface area contributed by atoms with Gasteiger partial charge in [-0.15, -0.1) is 5.06 Å². The number of amides is 2. The minimum atomic E-state index is -1.48. The topological polar surface area (TPSA) is 88.1 Å². The molecule has 0 bridgehead atoms. The molecule has 1 aromatic carbocycles. The van der Waals surface area contributed by atoms with Gasteiger partial charge >= 0.3 is 6.09 Å². The first-order valence-corrected chi connectivity index (χ1v) is 12.3. The summed E-state index contributed by atoms with van der Waals surface area (Å²) in [4.78, 5) is 43.4. The van der Waals surface area contributed by atoms with Crippen molar-refractivity contribution < 1.29 is 32.3 Å². The molecular weight excluding hydrogens is 503 g/mol. The van der Waals surface area contributed by atoms with E-state index in [-0.39, 0.29) is 18.5 Å². The molecule has 0 saturated carbocycles. The number of aryl methyl sites for hydroxylation is 2. The highest BCUT2D eigenvalue weighted by molar-refractivity contribution is 5.87. The molecule has 1 saturated heterocycles. The maximum Gasteiger partial charge on any atom is 0.439 e. The third kappa shape index (κ3) is 7.41. The summed E-state index contributed by atoms with van der Waals surface area (Å²) in [6.45, 7) is 9.56. The minimum Gasteiger partial charge on any atom is -0.442 e. The Balaban J connectivity index is 1.60. The lowest BCUT2D eigenvalue weighted by Gasteiger charge is -2.37. The van der Waals surface area contributed by atoms with E-state index in [0.29, 0.717) is 48.6 Å². The van der Waals surface area contributed by atoms with Crippen molar-refractivity contribution in [1.29, 1.82) is 0 Å². The van der Waals surface area contributed by atoms with Gasteiger partial charge in [-0.05, 0) is 65.2 Å². The molecule has 9 nitrogen and oxygen atoms in total. The molecule has 0 aliphatic carbocycles. The van der Waals surface area contributed by atoms with Gasteiger partial charge in [0.05, 0.1) is 11.4 Å². The molecule has 0 radical (unpaired) electrons. The van der Waals surface area contributed by atoms with Crippen molar-refractivity contribution in [2.45, 2.75) is 65.6 Å². The molecule has 0 N–H and O–H groups in total. The van der Waals surface area contributed by atoms with Crippen molar-refractivity contribution in [2.24, 2.45) is 0 Å². The number of rotatable bonds is 7. The SMILES string of the molecule is Cc1ncnc(C)c1N(OCC(=O)N(C)C1CCN(Cc2cc(F)c(F)c(F)c2)CC1)C(=O)OC(C)(C)C. The Kier molecular flexibility index (Phi) is 9.31. The van der Waals surface area contributed by atoms with Gasteiger partial charge in [-0.25, -0.2) is 27.9 Å². The number of likely N-dealkylation sites (N-methyl/N-ethyl adjacent to an activating group) is 1. The van der Waals surface area contributed by atoms with Gasteiger partial charge in [0.1, 0.15) is 17.6 Å². The van der Waals surface area contributed by atoms with Crippen LogP contribution in [0.15, 0.2) is 18.5 Å². The Morgan fingerprint density at radius 3 is 2.13 bits per heavy atom. The third-order valence-electron chi connectivity index (χ3n) is 6.22. The number of carbonyl (C=O) groups is 2. The van der Waals surface area contributed by atoms with Gasteiger partial charge in [0, 0.05) is 32.7 Å². The second kappa shape index (κ2) is 12.1. The zero-order valence-corrected chi connectivity index (χ0v) is 22.6. The van der Waals surface area contributed by atoms with Crippen LogP contribution in [0.2, 0.25) is 0 Å². The monoisotopic (exact) mass is 537 g/mol. The number of hydrogen-bond acceptors (Lipinski definition) is 7.